The molecule has 0 bridgehead atoms. The zero-order chi connectivity index (χ0) is 17.8. The zero-order valence-electron chi connectivity index (χ0n) is 14.0. The van der Waals surface area contributed by atoms with E-state index in [1.807, 2.05) is 17.5 Å². The van der Waals surface area contributed by atoms with Crippen molar-refractivity contribution in [3.8, 4) is 17.2 Å². The van der Waals surface area contributed by atoms with Crippen LogP contribution in [0.5, 0.6) is 17.2 Å². The van der Waals surface area contributed by atoms with E-state index in [4.69, 9.17) is 17.0 Å². The van der Waals surface area contributed by atoms with E-state index in [1.165, 1.54) is 10.9 Å². The van der Waals surface area contributed by atoms with Gasteiger partial charge in [-0.05, 0) is 43.6 Å². The summed E-state index contributed by atoms with van der Waals surface area (Å²) in [6.45, 7) is 4.15. The fraction of sp³-hybridized carbons (Fsp3) is 0.389. The molecule has 0 saturated carbocycles. The number of phenolic OH excluding ortho intramolecular Hbond substituents is 2. The summed E-state index contributed by atoms with van der Waals surface area (Å²) in [7, 11) is 0. The van der Waals surface area contributed by atoms with Crippen LogP contribution in [0.15, 0.2) is 29.6 Å². The molecule has 4 N–H and O–H groups in total. The highest BCUT2D eigenvalue weighted by Crippen LogP contribution is 2.52. The summed E-state index contributed by atoms with van der Waals surface area (Å²) < 4.78 is 6.26. The van der Waals surface area contributed by atoms with Crippen molar-refractivity contribution in [3.63, 3.8) is 0 Å². The van der Waals surface area contributed by atoms with Crippen molar-refractivity contribution in [1.82, 2.24) is 10.6 Å². The van der Waals surface area contributed by atoms with E-state index >= 15 is 0 Å². The number of ether oxygens (including phenoxy) is 1. The van der Waals surface area contributed by atoms with E-state index in [9.17, 15) is 10.2 Å². The van der Waals surface area contributed by atoms with Gasteiger partial charge in [-0.15, -0.1) is 11.3 Å². The maximum Gasteiger partial charge on any atom is 0.200 e. The van der Waals surface area contributed by atoms with Crippen molar-refractivity contribution >= 4 is 28.7 Å². The molecule has 0 amide bonds. The molecule has 2 aromatic rings. The summed E-state index contributed by atoms with van der Waals surface area (Å²) in [5.74, 6) is -0.0178. The number of thiocarbonyl (C=S) groups is 1. The van der Waals surface area contributed by atoms with Crippen molar-refractivity contribution in [3.05, 3.63) is 40.1 Å². The van der Waals surface area contributed by atoms with Gasteiger partial charge in [0, 0.05) is 34.7 Å². The standard InChI is InChI=1S/C18H20N2O3S2/c1-17(2)9-18(20-16(24)19-17)8-11(13-4-3-7-25-13)10-5-6-12(21)14(22)15(10)23-18/h3-7,11,21-22H,8-9H2,1-2H3,(H2,19,20,24)/t11-,18-/m0/s1. The number of benzene rings is 1. The predicted molar refractivity (Wildman–Crippen MR) is 101 cm³/mol. The predicted octanol–water partition coefficient (Wildman–Crippen LogP) is 3.42. The summed E-state index contributed by atoms with van der Waals surface area (Å²) in [5.41, 5.74) is -0.0992. The summed E-state index contributed by atoms with van der Waals surface area (Å²) in [6, 6.07) is 7.45. The van der Waals surface area contributed by atoms with Crippen LogP contribution in [0.1, 0.15) is 43.0 Å². The molecule has 2 aliphatic rings. The quantitative estimate of drug-likeness (QED) is 0.452. The number of aromatic hydroxyl groups is 2. The highest BCUT2D eigenvalue weighted by molar-refractivity contribution is 7.80. The number of hydrogen-bond donors (Lipinski definition) is 4. The van der Waals surface area contributed by atoms with Crippen LogP contribution in [0.2, 0.25) is 0 Å². The Hall–Kier alpha value is -1.99. The molecule has 0 radical (unpaired) electrons. The summed E-state index contributed by atoms with van der Waals surface area (Å²) >= 11 is 7.07. The van der Waals surface area contributed by atoms with Crippen molar-refractivity contribution < 1.29 is 14.9 Å². The van der Waals surface area contributed by atoms with Crippen LogP contribution in [-0.2, 0) is 0 Å². The third-order valence-corrected chi connectivity index (χ3v) is 5.94. The Bertz CT molecular complexity index is 835. The molecule has 5 nitrogen and oxygen atoms in total. The van der Waals surface area contributed by atoms with Gasteiger partial charge in [-0.25, -0.2) is 0 Å². The third-order valence-electron chi connectivity index (χ3n) is 4.75. The largest absolute Gasteiger partial charge is 0.504 e. The SMILES string of the molecule is CC1(C)C[C@@]2(C[C@H](c3cccs3)c3ccc(O)c(O)c3O2)NC(=S)N1. The summed E-state index contributed by atoms with van der Waals surface area (Å²) in [6.07, 6.45) is 1.35. The van der Waals surface area contributed by atoms with Gasteiger partial charge in [-0.1, -0.05) is 12.1 Å². The zero-order valence-corrected chi connectivity index (χ0v) is 15.6. The van der Waals surface area contributed by atoms with Gasteiger partial charge in [-0.2, -0.15) is 0 Å². The molecule has 1 fully saturated rings. The van der Waals surface area contributed by atoms with Gasteiger partial charge in [0.05, 0.1) is 0 Å². The molecule has 0 aliphatic carbocycles. The van der Waals surface area contributed by atoms with Crippen LogP contribution in [-0.4, -0.2) is 26.6 Å². The van der Waals surface area contributed by atoms with E-state index in [2.05, 4.69) is 30.5 Å². The molecule has 7 heteroatoms. The fourth-order valence-corrected chi connectivity index (χ4v) is 5.22. The smallest absolute Gasteiger partial charge is 0.200 e. The number of thiophene rings is 1. The average molecular weight is 377 g/mol. The molecular weight excluding hydrogens is 356 g/mol. The molecule has 132 valence electrons. The van der Waals surface area contributed by atoms with E-state index in [0.717, 1.165) is 5.56 Å². The van der Waals surface area contributed by atoms with Gasteiger partial charge in [0.25, 0.3) is 0 Å². The second kappa shape index (κ2) is 5.51. The Morgan fingerprint density at radius 1 is 1.24 bits per heavy atom. The second-order valence-electron chi connectivity index (χ2n) is 7.36. The first kappa shape index (κ1) is 16.5. The number of rotatable bonds is 1. The molecule has 4 rings (SSSR count). The molecule has 0 unspecified atom stereocenters. The van der Waals surface area contributed by atoms with Crippen LogP contribution in [0.3, 0.4) is 0 Å². The van der Waals surface area contributed by atoms with E-state index in [1.54, 1.807) is 11.3 Å². The van der Waals surface area contributed by atoms with Crippen LogP contribution in [0, 0.1) is 0 Å². The molecule has 3 heterocycles. The molecule has 2 atom stereocenters. The molecule has 1 saturated heterocycles. The first-order valence-corrected chi connectivity index (χ1v) is 9.45. The minimum absolute atomic E-state index is 0.0550. The second-order valence-corrected chi connectivity index (χ2v) is 8.75. The lowest BCUT2D eigenvalue weighted by atomic mass is 9.79. The molecular formula is C18H20N2O3S2. The summed E-state index contributed by atoms with van der Waals surface area (Å²) in [5, 5.41) is 29.5. The van der Waals surface area contributed by atoms with Gasteiger partial charge < -0.3 is 25.6 Å². The lowest BCUT2D eigenvalue weighted by molar-refractivity contribution is -0.0147. The van der Waals surface area contributed by atoms with Crippen molar-refractivity contribution in [2.24, 2.45) is 0 Å². The Kier molecular flexibility index (Phi) is 3.63. The van der Waals surface area contributed by atoms with Crippen molar-refractivity contribution in [2.75, 3.05) is 0 Å². The fourth-order valence-electron chi connectivity index (χ4n) is 3.91. The minimum Gasteiger partial charge on any atom is -0.504 e. The van der Waals surface area contributed by atoms with Crippen LogP contribution >= 0.6 is 23.6 Å². The van der Waals surface area contributed by atoms with Crippen LogP contribution < -0.4 is 15.4 Å². The van der Waals surface area contributed by atoms with Gasteiger partial charge in [0.15, 0.2) is 22.3 Å². The van der Waals surface area contributed by atoms with Crippen LogP contribution in [0.25, 0.3) is 0 Å². The third kappa shape index (κ3) is 2.81. The maximum atomic E-state index is 10.4. The molecule has 1 aromatic heterocycles. The lowest BCUT2D eigenvalue weighted by Crippen LogP contribution is -2.69. The van der Waals surface area contributed by atoms with E-state index in [-0.39, 0.29) is 23.0 Å². The Balaban J connectivity index is 1.85. The Morgan fingerprint density at radius 2 is 2.04 bits per heavy atom. The average Bonchev–Trinajstić information content (AvgIpc) is 3.02. The number of phenols is 2. The highest BCUT2D eigenvalue weighted by Gasteiger charge is 2.49. The Morgan fingerprint density at radius 3 is 2.72 bits per heavy atom. The van der Waals surface area contributed by atoms with Crippen molar-refractivity contribution in [1.29, 1.82) is 0 Å². The summed E-state index contributed by atoms with van der Waals surface area (Å²) in [4.78, 5) is 1.19. The number of fused-ring (bicyclic) bond motifs is 1. The number of nitrogens with one attached hydrogen (secondary N) is 2. The molecule has 1 aromatic carbocycles. The van der Waals surface area contributed by atoms with Crippen LogP contribution in [0.4, 0.5) is 0 Å². The Labute approximate surface area is 155 Å². The minimum atomic E-state index is -0.737. The molecule has 25 heavy (non-hydrogen) atoms. The number of hydrogen-bond acceptors (Lipinski definition) is 5. The maximum absolute atomic E-state index is 10.4. The first-order chi connectivity index (χ1) is 11.8. The molecule has 1 spiro atoms. The topological polar surface area (TPSA) is 73.8 Å². The first-order valence-electron chi connectivity index (χ1n) is 8.16. The monoisotopic (exact) mass is 376 g/mol. The lowest BCUT2D eigenvalue weighted by Gasteiger charge is -2.50. The van der Waals surface area contributed by atoms with E-state index in [0.29, 0.717) is 23.7 Å². The normalized spacial score (nSPS) is 27.1. The van der Waals surface area contributed by atoms with Gasteiger partial charge >= 0.3 is 0 Å². The van der Waals surface area contributed by atoms with Gasteiger partial charge in [-0.3, -0.25) is 0 Å². The molecule has 2 aliphatic heterocycles. The van der Waals surface area contributed by atoms with Gasteiger partial charge in [0.2, 0.25) is 5.75 Å². The van der Waals surface area contributed by atoms with E-state index < -0.39 is 5.72 Å². The van der Waals surface area contributed by atoms with Gasteiger partial charge in [0.1, 0.15) is 0 Å². The van der Waals surface area contributed by atoms with Crippen molar-refractivity contribution in [2.45, 2.75) is 43.9 Å². The highest BCUT2D eigenvalue weighted by atomic mass is 32.1.